The van der Waals surface area contributed by atoms with Gasteiger partial charge in [-0.25, -0.2) is 0 Å². The van der Waals surface area contributed by atoms with E-state index in [1.54, 1.807) is 11.8 Å². The maximum absolute atomic E-state index is 12.9. The average Bonchev–Trinajstić information content (AvgIpc) is 3.37. The molecular formula is C19H22N4O2S2. The fourth-order valence-corrected chi connectivity index (χ4v) is 5.32. The second kappa shape index (κ2) is 7.59. The van der Waals surface area contributed by atoms with E-state index in [1.165, 1.54) is 28.7 Å². The molecule has 6 nitrogen and oxygen atoms in total. The minimum absolute atomic E-state index is 0.0000231. The van der Waals surface area contributed by atoms with Crippen LogP contribution in [-0.4, -0.2) is 39.8 Å². The number of aromatic nitrogens is 2. The lowest BCUT2D eigenvalue weighted by Crippen LogP contribution is -2.43. The molecule has 8 heteroatoms. The van der Waals surface area contributed by atoms with E-state index in [2.05, 4.69) is 23.2 Å². The summed E-state index contributed by atoms with van der Waals surface area (Å²) in [6.45, 7) is 3.66. The molecule has 2 aliphatic rings. The molecule has 0 saturated heterocycles. The van der Waals surface area contributed by atoms with Crippen LogP contribution in [0.5, 0.6) is 0 Å². The first-order chi connectivity index (χ1) is 13.0. The van der Waals surface area contributed by atoms with Crippen LogP contribution in [0, 0.1) is 0 Å². The number of aryl methyl sites for hydroxylation is 1. The summed E-state index contributed by atoms with van der Waals surface area (Å²) < 4.78 is 0.725. The molecule has 1 aliphatic heterocycles. The Kier molecular flexibility index (Phi) is 5.19. The van der Waals surface area contributed by atoms with E-state index < -0.39 is 0 Å². The van der Waals surface area contributed by atoms with Gasteiger partial charge in [0, 0.05) is 24.7 Å². The number of carbonyl (C=O) groups excluding carboxylic acids is 2. The van der Waals surface area contributed by atoms with Gasteiger partial charge in [0.15, 0.2) is 4.34 Å². The van der Waals surface area contributed by atoms with Crippen molar-refractivity contribution >= 4 is 45.7 Å². The number of thioether (sulfide) groups is 1. The minimum Gasteiger partial charge on any atom is -0.309 e. The summed E-state index contributed by atoms with van der Waals surface area (Å²) in [6.07, 6.45) is 4.03. The van der Waals surface area contributed by atoms with E-state index in [9.17, 15) is 9.59 Å². The molecule has 0 spiro atoms. The van der Waals surface area contributed by atoms with Gasteiger partial charge in [-0.05, 0) is 44.2 Å². The van der Waals surface area contributed by atoms with Gasteiger partial charge in [-0.3, -0.25) is 14.5 Å². The summed E-state index contributed by atoms with van der Waals surface area (Å²) in [4.78, 5) is 28.4. The van der Waals surface area contributed by atoms with Crippen LogP contribution in [0.15, 0.2) is 28.6 Å². The Balaban J connectivity index is 1.43. The zero-order chi connectivity index (χ0) is 19.0. The zero-order valence-corrected chi connectivity index (χ0v) is 17.1. The summed E-state index contributed by atoms with van der Waals surface area (Å²) in [5.74, 6) is 0.402. The molecule has 1 aromatic carbocycles. The van der Waals surface area contributed by atoms with Gasteiger partial charge >= 0.3 is 0 Å². The Morgan fingerprint density at radius 2 is 2.04 bits per heavy atom. The molecule has 2 heterocycles. The van der Waals surface area contributed by atoms with Crippen LogP contribution in [0.25, 0.3) is 0 Å². The number of hydrogen-bond donors (Lipinski definition) is 0. The molecule has 2 amide bonds. The molecule has 1 atom stereocenters. The summed E-state index contributed by atoms with van der Waals surface area (Å²) >= 11 is 2.78. The molecule has 1 aromatic heterocycles. The first-order valence-corrected chi connectivity index (χ1v) is 11.0. The lowest BCUT2D eigenvalue weighted by Gasteiger charge is -2.35. The lowest BCUT2D eigenvalue weighted by atomic mass is 9.97. The van der Waals surface area contributed by atoms with Crippen LogP contribution >= 0.6 is 23.1 Å². The average molecular weight is 403 g/mol. The number of benzene rings is 1. The first-order valence-electron chi connectivity index (χ1n) is 9.20. The van der Waals surface area contributed by atoms with Crippen molar-refractivity contribution in [1.29, 1.82) is 0 Å². The molecule has 142 valence electrons. The lowest BCUT2D eigenvalue weighted by molar-refractivity contribution is -0.117. The number of para-hydroxylation sites is 1. The predicted octanol–water partition coefficient (Wildman–Crippen LogP) is 3.51. The predicted molar refractivity (Wildman–Crippen MR) is 109 cm³/mol. The van der Waals surface area contributed by atoms with E-state index in [0.29, 0.717) is 10.9 Å². The van der Waals surface area contributed by atoms with Crippen LogP contribution in [0.2, 0.25) is 0 Å². The minimum atomic E-state index is 0.0000231. The van der Waals surface area contributed by atoms with Gasteiger partial charge in [0.25, 0.3) is 0 Å². The van der Waals surface area contributed by atoms with Gasteiger partial charge in [-0.15, -0.1) is 10.2 Å². The monoisotopic (exact) mass is 402 g/mol. The van der Waals surface area contributed by atoms with Gasteiger partial charge in [-0.2, -0.15) is 0 Å². The molecule has 0 radical (unpaired) electrons. The largest absolute Gasteiger partial charge is 0.309 e. The van der Waals surface area contributed by atoms with Crippen molar-refractivity contribution in [1.82, 2.24) is 10.2 Å². The smallest absolute Gasteiger partial charge is 0.237 e. The second-order valence-corrected chi connectivity index (χ2v) is 9.22. The molecule has 4 rings (SSSR count). The number of amides is 2. The SMILES string of the molecule is CC(=O)N(c1nnc(SCC(=O)N2c3ccccc3CC[C@H]2C)s1)C1CC1. The maximum Gasteiger partial charge on any atom is 0.237 e. The molecule has 2 aromatic rings. The molecule has 1 aliphatic carbocycles. The van der Waals surface area contributed by atoms with Crippen molar-refractivity contribution in [3.05, 3.63) is 29.8 Å². The number of fused-ring (bicyclic) bond motifs is 1. The topological polar surface area (TPSA) is 66.4 Å². The second-order valence-electron chi connectivity index (χ2n) is 7.04. The van der Waals surface area contributed by atoms with Gasteiger partial charge in [-0.1, -0.05) is 41.3 Å². The van der Waals surface area contributed by atoms with Crippen molar-refractivity contribution in [3.8, 4) is 0 Å². The molecule has 0 unspecified atom stereocenters. The van der Waals surface area contributed by atoms with Gasteiger partial charge in [0.1, 0.15) is 0 Å². The number of hydrogen-bond acceptors (Lipinski definition) is 6. The molecule has 1 saturated carbocycles. The standard InChI is InChI=1S/C19H22N4O2S2/c1-12-7-8-14-5-3-4-6-16(14)22(12)17(25)11-26-19-21-20-18(27-19)23(13(2)24)15-9-10-15/h3-6,12,15H,7-11H2,1-2H3/t12-/m1/s1. The fraction of sp³-hybridized carbons (Fsp3) is 0.474. The number of rotatable bonds is 5. The maximum atomic E-state index is 12.9. The van der Waals surface area contributed by atoms with Crippen LogP contribution in [0.1, 0.15) is 38.7 Å². The van der Waals surface area contributed by atoms with Crippen molar-refractivity contribution in [2.24, 2.45) is 0 Å². The van der Waals surface area contributed by atoms with Gasteiger partial charge in [0.05, 0.1) is 5.75 Å². The highest BCUT2D eigenvalue weighted by atomic mass is 32.2. The van der Waals surface area contributed by atoms with Crippen LogP contribution in [0.3, 0.4) is 0 Å². The molecule has 27 heavy (non-hydrogen) atoms. The van der Waals surface area contributed by atoms with Crippen molar-refractivity contribution in [2.75, 3.05) is 15.6 Å². The normalized spacial score (nSPS) is 18.9. The summed E-state index contributed by atoms with van der Waals surface area (Å²) in [7, 11) is 0. The summed E-state index contributed by atoms with van der Waals surface area (Å²) in [5, 5.41) is 8.98. The number of carbonyl (C=O) groups is 2. The number of nitrogens with zero attached hydrogens (tertiary/aromatic N) is 4. The van der Waals surface area contributed by atoms with Gasteiger partial charge in [0.2, 0.25) is 16.9 Å². The first kappa shape index (κ1) is 18.4. The summed E-state index contributed by atoms with van der Waals surface area (Å²) in [5.41, 5.74) is 2.25. The Morgan fingerprint density at radius 1 is 1.26 bits per heavy atom. The molecular weight excluding hydrogens is 380 g/mol. The van der Waals surface area contributed by atoms with Gasteiger partial charge < -0.3 is 4.90 Å². The van der Waals surface area contributed by atoms with E-state index in [-0.39, 0.29) is 23.9 Å². The van der Waals surface area contributed by atoms with Crippen LogP contribution < -0.4 is 9.80 Å². The van der Waals surface area contributed by atoms with Crippen LogP contribution in [0.4, 0.5) is 10.8 Å². The molecule has 0 N–H and O–H groups in total. The highest BCUT2D eigenvalue weighted by molar-refractivity contribution is 8.01. The van der Waals surface area contributed by atoms with Crippen LogP contribution in [-0.2, 0) is 16.0 Å². The van der Waals surface area contributed by atoms with E-state index >= 15 is 0 Å². The third-order valence-electron chi connectivity index (χ3n) is 4.96. The van der Waals surface area contributed by atoms with E-state index in [4.69, 9.17) is 0 Å². The van der Waals surface area contributed by atoms with Crippen molar-refractivity contribution in [2.45, 2.75) is 56.0 Å². The highest BCUT2D eigenvalue weighted by Crippen LogP contribution is 2.36. The summed E-state index contributed by atoms with van der Waals surface area (Å²) in [6, 6.07) is 8.59. The van der Waals surface area contributed by atoms with E-state index in [1.807, 2.05) is 23.1 Å². The third-order valence-corrected chi connectivity index (χ3v) is 7.00. The Bertz CT molecular complexity index is 865. The Labute approximate surface area is 167 Å². The van der Waals surface area contributed by atoms with Crippen molar-refractivity contribution in [3.63, 3.8) is 0 Å². The van der Waals surface area contributed by atoms with Crippen molar-refractivity contribution < 1.29 is 9.59 Å². The highest BCUT2D eigenvalue weighted by Gasteiger charge is 2.34. The molecule has 1 fully saturated rings. The zero-order valence-electron chi connectivity index (χ0n) is 15.4. The Hall–Kier alpha value is -1.93. The fourth-order valence-electron chi connectivity index (χ4n) is 3.50. The van der Waals surface area contributed by atoms with E-state index in [0.717, 1.165) is 35.7 Å². The third kappa shape index (κ3) is 3.87. The Morgan fingerprint density at radius 3 is 2.78 bits per heavy atom. The number of anilines is 2. The molecule has 0 bridgehead atoms. The quantitative estimate of drug-likeness (QED) is 0.566.